The predicted octanol–water partition coefficient (Wildman–Crippen LogP) is 3.54. The second-order valence-electron chi connectivity index (χ2n) is 4.69. The predicted molar refractivity (Wildman–Crippen MR) is 79.9 cm³/mol. The highest BCUT2D eigenvalue weighted by atomic mass is 16.5. The Kier molecular flexibility index (Phi) is 7.04. The Morgan fingerprint density at radius 3 is 2.68 bits per heavy atom. The van der Waals surface area contributed by atoms with Gasteiger partial charge in [0.25, 0.3) is 0 Å². The molecule has 3 nitrogen and oxygen atoms in total. The van der Waals surface area contributed by atoms with E-state index in [-0.39, 0.29) is 6.10 Å². The molecule has 0 spiro atoms. The van der Waals surface area contributed by atoms with Crippen LogP contribution in [0.1, 0.15) is 32.8 Å². The van der Waals surface area contributed by atoms with Crippen molar-refractivity contribution in [3.8, 4) is 11.5 Å². The van der Waals surface area contributed by atoms with Gasteiger partial charge in [-0.15, -0.1) is 0 Å². The smallest absolute Gasteiger partial charge is 0.161 e. The number of rotatable bonds is 8. The zero-order chi connectivity index (χ0) is 14.1. The third kappa shape index (κ3) is 5.79. The minimum absolute atomic E-state index is 0.152. The Morgan fingerprint density at radius 1 is 1.26 bits per heavy atom. The van der Waals surface area contributed by atoms with E-state index in [0.29, 0.717) is 0 Å². The van der Waals surface area contributed by atoms with Gasteiger partial charge in [-0.25, -0.2) is 0 Å². The van der Waals surface area contributed by atoms with E-state index in [4.69, 9.17) is 9.47 Å². The lowest BCUT2D eigenvalue weighted by atomic mass is 10.2. The summed E-state index contributed by atoms with van der Waals surface area (Å²) in [5, 5.41) is 3.40. The maximum absolute atomic E-state index is 5.69. The van der Waals surface area contributed by atoms with Crippen molar-refractivity contribution >= 4 is 0 Å². The summed E-state index contributed by atoms with van der Waals surface area (Å²) < 4.78 is 11.1. The van der Waals surface area contributed by atoms with Gasteiger partial charge in [0.2, 0.25) is 0 Å². The molecule has 0 amide bonds. The van der Waals surface area contributed by atoms with Gasteiger partial charge in [-0.3, -0.25) is 0 Å². The normalized spacial score (nSPS) is 11.2. The molecule has 1 aromatic rings. The molecule has 0 saturated heterocycles. The molecule has 1 rings (SSSR count). The maximum atomic E-state index is 5.69. The van der Waals surface area contributed by atoms with Crippen molar-refractivity contribution in [2.75, 3.05) is 13.7 Å². The number of hydrogen-bond acceptors (Lipinski definition) is 3. The highest BCUT2D eigenvalue weighted by molar-refractivity contribution is 5.43. The fourth-order valence-corrected chi connectivity index (χ4v) is 1.76. The molecule has 1 N–H and O–H groups in total. The van der Waals surface area contributed by atoms with E-state index in [1.165, 1.54) is 5.56 Å². The summed E-state index contributed by atoms with van der Waals surface area (Å²) in [5.41, 5.74) is 1.20. The molecule has 3 heteroatoms. The van der Waals surface area contributed by atoms with E-state index < -0.39 is 0 Å². The molecule has 0 saturated carbocycles. The van der Waals surface area contributed by atoms with Crippen molar-refractivity contribution < 1.29 is 9.47 Å². The quantitative estimate of drug-likeness (QED) is 0.575. The molecule has 0 heterocycles. The second kappa shape index (κ2) is 8.59. The van der Waals surface area contributed by atoms with Crippen molar-refractivity contribution in [2.24, 2.45) is 0 Å². The zero-order valence-corrected chi connectivity index (χ0v) is 12.4. The third-order valence-electron chi connectivity index (χ3n) is 2.64. The number of ether oxygens (including phenoxy) is 2. The lowest BCUT2D eigenvalue weighted by Gasteiger charge is -2.14. The molecule has 0 aliphatic heterocycles. The first-order valence-electron chi connectivity index (χ1n) is 6.82. The molecular formula is C16H25NO2. The third-order valence-corrected chi connectivity index (χ3v) is 2.64. The Bertz CT molecular complexity index is 400. The molecule has 1 aromatic carbocycles. The van der Waals surface area contributed by atoms with Crippen LogP contribution in [0.15, 0.2) is 30.4 Å². The van der Waals surface area contributed by atoms with Crippen LogP contribution in [0.25, 0.3) is 0 Å². The molecule has 0 radical (unpaired) electrons. The minimum atomic E-state index is 0.152. The van der Waals surface area contributed by atoms with Gasteiger partial charge < -0.3 is 14.8 Å². The average Bonchev–Trinajstić information content (AvgIpc) is 2.39. The van der Waals surface area contributed by atoms with Crippen LogP contribution in [-0.4, -0.2) is 19.8 Å². The van der Waals surface area contributed by atoms with E-state index in [1.54, 1.807) is 7.11 Å². The van der Waals surface area contributed by atoms with Crippen LogP contribution in [0.5, 0.6) is 11.5 Å². The van der Waals surface area contributed by atoms with E-state index in [1.807, 2.05) is 32.9 Å². The molecule has 0 aromatic heterocycles. The summed E-state index contributed by atoms with van der Waals surface area (Å²) in [6.07, 6.45) is 5.44. The van der Waals surface area contributed by atoms with E-state index >= 15 is 0 Å². The van der Waals surface area contributed by atoms with Crippen LogP contribution < -0.4 is 14.8 Å². The van der Waals surface area contributed by atoms with Crippen LogP contribution in [0.3, 0.4) is 0 Å². The fourth-order valence-electron chi connectivity index (χ4n) is 1.76. The van der Waals surface area contributed by atoms with Crippen LogP contribution in [-0.2, 0) is 6.54 Å². The van der Waals surface area contributed by atoms with E-state index in [0.717, 1.165) is 31.0 Å². The van der Waals surface area contributed by atoms with Gasteiger partial charge >= 0.3 is 0 Å². The lowest BCUT2D eigenvalue weighted by molar-refractivity contribution is 0.230. The molecule has 0 aliphatic carbocycles. The Morgan fingerprint density at radius 2 is 2.05 bits per heavy atom. The van der Waals surface area contributed by atoms with Crippen molar-refractivity contribution in [1.29, 1.82) is 0 Å². The Labute approximate surface area is 116 Å². The summed E-state index contributed by atoms with van der Waals surface area (Å²) in [6.45, 7) is 7.89. The van der Waals surface area contributed by atoms with Crippen LogP contribution in [0.2, 0.25) is 0 Å². The summed E-state index contributed by atoms with van der Waals surface area (Å²) in [4.78, 5) is 0. The molecule has 19 heavy (non-hydrogen) atoms. The molecule has 0 fully saturated rings. The molecule has 0 unspecified atom stereocenters. The van der Waals surface area contributed by atoms with Gasteiger partial charge in [0.15, 0.2) is 11.5 Å². The van der Waals surface area contributed by atoms with Gasteiger partial charge in [0.05, 0.1) is 13.2 Å². The number of nitrogens with one attached hydrogen (secondary N) is 1. The van der Waals surface area contributed by atoms with E-state index in [2.05, 4.69) is 23.5 Å². The van der Waals surface area contributed by atoms with Crippen molar-refractivity contribution in [1.82, 2.24) is 5.32 Å². The van der Waals surface area contributed by atoms with Gasteiger partial charge in [-0.05, 0) is 51.4 Å². The average molecular weight is 263 g/mol. The van der Waals surface area contributed by atoms with Crippen molar-refractivity contribution in [3.05, 3.63) is 35.9 Å². The Balaban J connectivity index is 2.56. The maximum Gasteiger partial charge on any atom is 0.161 e. The van der Waals surface area contributed by atoms with E-state index in [9.17, 15) is 0 Å². The number of benzene rings is 1. The highest BCUT2D eigenvalue weighted by Crippen LogP contribution is 2.28. The SMILES string of the molecule is C/C=C/CCNCc1ccc(OC(C)C)c(OC)c1. The summed E-state index contributed by atoms with van der Waals surface area (Å²) in [7, 11) is 1.67. The summed E-state index contributed by atoms with van der Waals surface area (Å²) >= 11 is 0. The zero-order valence-electron chi connectivity index (χ0n) is 12.4. The minimum Gasteiger partial charge on any atom is -0.493 e. The van der Waals surface area contributed by atoms with Gasteiger partial charge in [-0.2, -0.15) is 0 Å². The molecule has 0 bridgehead atoms. The number of methoxy groups -OCH3 is 1. The first-order valence-corrected chi connectivity index (χ1v) is 6.82. The van der Waals surface area contributed by atoms with Crippen LogP contribution >= 0.6 is 0 Å². The molecule has 0 atom stereocenters. The van der Waals surface area contributed by atoms with Crippen molar-refractivity contribution in [3.63, 3.8) is 0 Å². The standard InChI is InChI=1S/C16H25NO2/c1-5-6-7-10-17-12-14-8-9-15(19-13(2)3)16(11-14)18-4/h5-6,8-9,11,13,17H,7,10,12H2,1-4H3/b6-5+. The van der Waals surface area contributed by atoms with Gasteiger partial charge in [0.1, 0.15) is 0 Å². The molecule has 106 valence electrons. The fraction of sp³-hybridized carbons (Fsp3) is 0.500. The lowest BCUT2D eigenvalue weighted by Crippen LogP contribution is -2.14. The Hall–Kier alpha value is -1.48. The van der Waals surface area contributed by atoms with Gasteiger partial charge in [-0.1, -0.05) is 18.2 Å². The molecule has 0 aliphatic rings. The monoisotopic (exact) mass is 263 g/mol. The van der Waals surface area contributed by atoms with Gasteiger partial charge in [0, 0.05) is 6.54 Å². The van der Waals surface area contributed by atoms with Crippen molar-refractivity contribution in [2.45, 2.75) is 39.8 Å². The molecular weight excluding hydrogens is 238 g/mol. The summed E-state index contributed by atoms with van der Waals surface area (Å²) in [6, 6.07) is 6.07. The van der Waals surface area contributed by atoms with Crippen LogP contribution in [0.4, 0.5) is 0 Å². The highest BCUT2D eigenvalue weighted by Gasteiger charge is 2.07. The first-order chi connectivity index (χ1) is 9.17. The number of allylic oxidation sites excluding steroid dienone is 1. The largest absolute Gasteiger partial charge is 0.493 e. The second-order valence-corrected chi connectivity index (χ2v) is 4.69. The topological polar surface area (TPSA) is 30.5 Å². The van der Waals surface area contributed by atoms with Crippen LogP contribution in [0, 0.1) is 0 Å². The number of hydrogen-bond donors (Lipinski definition) is 1. The first kappa shape index (κ1) is 15.6. The summed E-state index contributed by atoms with van der Waals surface area (Å²) in [5.74, 6) is 1.59.